The summed E-state index contributed by atoms with van der Waals surface area (Å²) in [5.74, 6) is -2.92. The van der Waals surface area contributed by atoms with Gasteiger partial charge < -0.3 is 10.2 Å². The lowest BCUT2D eigenvalue weighted by molar-refractivity contribution is 0.0845. The zero-order chi connectivity index (χ0) is 20.2. The van der Waals surface area contributed by atoms with E-state index in [9.17, 15) is 18.4 Å². The fourth-order valence-electron chi connectivity index (χ4n) is 3.74. The van der Waals surface area contributed by atoms with Gasteiger partial charge in [-0.25, -0.2) is 18.6 Å². The van der Waals surface area contributed by atoms with Crippen LogP contribution >= 0.6 is 0 Å². The Morgan fingerprint density at radius 3 is 2.79 bits per heavy atom. The maximum atomic E-state index is 13.1. The first-order valence-corrected chi connectivity index (χ1v) is 9.25. The number of fused-ring (bicyclic) bond motifs is 4. The fourth-order valence-corrected chi connectivity index (χ4v) is 3.74. The van der Waals surface area contributed by atoms with E-state index in [1.54, 1.807) is 18.2 Å². The zero-order valence-electron chi connectivity index (χ0n) is 15.2. The predicted octanol–water partition coefficient (Wildman–Crippen LogP) is 1.64. The molecule has 1 saturated carbocycles. The van der Waals surface area contributed by atoms with Gasteiger partial charge in [-0.15, -0.1) is 5.10 Å². The van der Waals surface area contributed by atoms with Gasteiger partial charge in [0.15, 0.2) is 11.6 Å². The number of aromatic nitrogens is 3. The molecule has 0 spiro atoms. The molecule has 29 heavy (non-hydrogen) atoms. The molecule has 1 aliphatic carbocycles. The number of halogens is 2. The number of alkyl halides is 2. The van der Waals surface area contributed by atoms with Crippen molar-refractivity contribution in [3.8, 4) is 0 Å². The molecule has 3 aliphatic rings. The molecule has 2 aliphatic heterocycles. The minimum atomic E-state index is -2.86. The van der Waals surface area contributed by atoms with Crippen molar-refractivity contribution in [2.75, 3.05) is 28.2 Å². The van der Waals surface area contributed by atoms with E-state index in [0.717, 1.165) is 18.7 Å². The standard InChI is InChI=1S/C18H17F2N7O2/c19-18(20)8-13(18)23-16(28)11-3-4-12-15(22-11)27(10-5-7-26(12)9-10)17(29)24-14-2-1-6-21-25-14/h1-4,6,10,13H,5,7-9H2,(H,23,28)(H,24,25,29). The number of nitrogens with one attached hydrogen (secondary N) is 2. The Hall–Kier alpha value is -3.37. The van der Waals surface area contributed by atoms with Crippen LogP contribution in [0.1, 0.15) is 23.3 Å². The maximum Gasteiger partial charge on any atom is 0.329 e. The number of anilines is 3. The number of carbonyl (C=O) groups excluding carboxylic acids is 2. The second-order valence-electron chi connectivity index (χ2n) is 7.33. The van der Waals surface area contributed by atoms with Gasteiger partial charge in [0.05, 0.1) is 17.8 Å². The van der Waals surface area contributed by atoms with E-state index in [2.05, 4.69) is 30.7 Å². The molecule has 1 saturated heterocycles. The molecule has 5 rings (SSSR count). The minimum Gasteiger partial charge on any atom is -0.366 e. The number of hydrogen-bond acceptors (Lipinski definition) is 6. The van der Waals surface area contributed by atoms with Crippen LogP contribution in [0.5, 0.6) is 0 Å². The average molecular weight is 401 g/mol. The molecule has 4 heterocycles. The number of carbonyl (C=O) groups is 2. The van der Waals surface area contributed by atoms with E-state index in [4.69, 9.17) is 0 Å². The Kier molecular flexibility index (Phi) is 3.86. The maximum absolute atomic E-state index is 13.1. The Morgan fingerprint density at radius 1 is 1.24 bits per heavy atom. The van der Waals surface area contributed by atoms with Crippen molar-refractivity contribution in [3.05, 3.63) is 36.2 Å². The molecule has 2 unspecified atom stereocenters. The Bertz CT molecular complexity index is 987. The van der Waals surface area contributed by atoms with Crippen molar-refractivity contribution in [3.63, 3.8) is 0 Å². The van der Waals surface area contributed by atoms with Crippen molar-refractivity contribution in [2.24, 2.45) is 0 Å². The van der Waals surface area contributed by atoms with Gasteiger partial charge in [0, 0.05) is 25.7 Å². The van der Waals surface area contributed by atoms with E-state index >= 15 is 0 Å². The van der Waals surface area contributed by atoms with Crippen molar-refractivity contribution < 1.29 is 18.4 Å². The van der Waals surface area contributed by atoms with Crippen LogP contribution in [0.15, 0.2) is 30.5 Å². The summed E-state index contributed by atoms with van der Waals surface area (Å²) in [6.07, 6.45) is 1.88. The molecular formula is C18H17F2N7O2. The lowest BCUT2D eigenvalue weighted by atomic mass is 10.1. The molecule has 2 aromatic heterocycles. The molecule has 11 heteroatoms. The first kappa shape index (κ1) is 17.7. The van der Waals surface area contributed by atoms with E-state index < -0.39 is 23.9 Å². The highest BCUT2D eigenvalue weighted by molar-refractivity contribution is 6.05. The number of hydrogen-bond donors (Lipinski definition) is 2. The van der Waals surface area contributed by atoms with Crippen molar-refractivity contribution in [1.29, 1.82) is 0 Å². The monoisotopic (exact) mass is 401 g/mol. The molecule has 2 atom stereocenters. The molecule has 2 N–H and O–H groups in total. The summed E-state index contributed by atoms with van der Waals surface area (Å²) in [4.78, 5) is 33.3. The summed E-state index contributed by atoms with van der Waals surface area (Å²) in [5.41, 5.74) is 0.715. The lowest BCUT2D eigenvalue weighted by Gasteiger charge is -2.35. The second kappa shape index (κ2) is 6.33. The zero-order valence-corrected chi connectivity index (χ0v) is 15.2. The third kappa shape index (κ3) is 3.12. The summed E-state index contributed by atoms with van der Waals surface area (Å²) in [5, 5.41) is 12.6. The highest BCUT2D eigenvalue weighted by Gasteiger charge is 2.58. The SMILES string of the molecule is O=C(NC1CC1(F)F)c1ccc2c(n1)N(C(=O)Nc1cccnn1)C1CCN2C1. The van der Waals surface area contributed by atoms with E-state index in [1.165, 1.54) is 17.2 Å². The number of pyridine rings is 1. The third-order valence-electron chi connectivity index (χ3n) is 5.34. The van der Waals surface area contributed by atoms with Gasteiger partial charge in [-0.2, -0.15) is 5.10 Å². The van der Waals surface area contributed by atoms with Gasteiger partial charge in [-0.3, -0.25) is 15.0 Å². The van der Waals surface area contributed by atoms with Crippen LogP contribution < -0.4 is 20.4 Å². The molecule has 150 valence electrons. The van der Waals surface area contributed by atoms with Crippen LogP contribution in [-0.4, -0.2) is 58.2 Å². The van der Waals surface area contributed by atoms with Crippen molar-refractivity contribution in [1.82, 2.24) is 20.5 Å². The lowest BCUT2D eigenvalue weighted by Crippen LogP contribution is -2.48. The Balaban J connectivity index is 1.44. The van der Waals surface area contributed by atoms with Crippen LogP contribution in [0.2, 0.25) is 0 Å². The summed E-state index contributed by atoms with van der Waals surface area (Å²) < 4.78 is 26.2. The van der Waals surface area contributed by atoms with Crippen LogP contribution in [0.4, 0.5) is 30.9 Å². The smallest absolute Gasteiger partial charge is 0.329 e. The number of nitrogens with zero attached hydrogens (tertiary/aromatic N) is 5. The predicted molar refractivity (Wildman–Crippen MR) is 99.2 cm³/mol. The molecule has 0 aromatic carbocycles. The van der Waals surface area contributed by atoms with Crippen LogP contribution in [0, 0.1) is 0 Å². The summed E-state index contributed by atoms with van der Waals surface area (Å²) in [6, 6.07) is 4.75. The molecule has 2 bridgehead atoms. The van der Waals surface area contributed by atoms with E-state index in [-0.39, 0.29) is 18.2 Å². The van der Waals surface area contributed by atoms with Crippen molar-refractivity contribution >= 4 is 29.3 Å². The Morgan fingerprint density at radius 2 is 2.07 bits per heavy atom. The summed E-state index contributed by atoms with van der Waals surface area (Å²) in [7, 11) is 0. The topological polar surface area (TPSA) is 103 Å². The fraction of sp³-hybridized carbons (Fsp3) is 0.389. The highest BCUT2D eigenvalue weighted by atomic mass is 19.3. The number of amides is 3. The minimum absolute atomic E-state index is 0.00810. The van der Waals surface area contributed by atoms with Gasteiger partial charge in [0.2, 0.25) is 0 Å². The molecule has 9 nitrogen and oxygen atoms in total. The van der Waals surface area contributed by atoms with Gasteiger partial charge in [0.1, 0.15) is 5.69 Å². The third-order valence-corrected chi connectivity index (χ3v) is 5.34. The molecule has 2 fully saturated rings. The van der Waals surface area contributed by atoms with E-state index in [0.29, 0.717) is 18.2 Å². The first-order valence-electron chi connectivity index (χ1n) is 9.25. The van der Waals surface area contributed by atoms with Gasteiger partial charge in [0.25, 0.3) is 11.8 Å². The molecule has 3 amide bonds. The summed E-state index contributed by atoms with van der Waals surface area (Å²) >= 11 is 0. The number of urea groups is 1. The first-order chi connectivity index (χ1) is 13.9. The summed E-state index contributed by atoms with van der Waals surface area (Å²) in [6.45, 7) is 1.41. The highest BCUT2D eigenvalue weighted by Crippen LogP contribution is 2.42. The van der Waals surface area contributed by atoms with Crippen LogP contribution in [0.3, 0.4) is 0 Å². The van der Waals surface area contributed by atoms with Crippen LogP contribution in [-0.2, 0) is 0 Å². The van der Waals surface area contributed by atoms with Gasteiger partial charge in [-0.05, 0) is 30.7 Å². The Labute approximate surface area is 164 Å². The average Bonchev–Trinajstić information content (AvgIpc) is 3.09. The molecule has 2 aromatic rings. The van der Waals surface area contributed by atoms with Crippen LogP contribution in [0.25, 0.3) is 0 Å². The normalized spacial score (nSPS) is 23.4. The second-order valence-corrected chi connectivity index (χ2v) is 7.33. The quantitative estimate of drug-likeness (QED) is 0.811. The molecule has 0 radical (unpaired) electrons. The number of rotatable bonds is 3. The van der Waals surface area contributed by atoms with Gasteiger partial charge >= 0.3 is 6.03 Å². The van der Waals surface area contributed by atoms with Crippen molar-refractivity contribution in [2.45, 2.75) is 30.8 Å². The van der Waals surface area contributed by atoms with Gasteiger partial charge in [-0.1, -0.05) is 0 Å². The largest absolute Gasteiger partial charge is 0.366 e. The van der Waals surface area contributed by atoms with E-state index in [1.807, 2.05) is 0 Å². The molecular weight excluding hydrogens is 384 g/mol.